The molecular formula is C16H18N6O. The fourth-order valence-corrected chi connectivity index (χ4v) is 2.91. The zero-order valence-corrected chi connectivity index (χ0v) is 12.7. The maximum atomic E-state index is 12.3. The Balaban J connectivity index is 1.39. The minimum atomic E-state index is -0.130. The summed E-state index contributed by atoms with van der Waals surface area (Å²) in [6.45, 7) is 2.16. The molecule has 7 nitrogen and oxygen atoms in total. The van der Waals surface area contributed by atoms with E-state index < -0.39 is 0 Å². The largest absolute Gasteiger partial charge is 0.350 e. The molecule has 4 heterocycles. The third kappa shape index (κ3) is 2.70. The average Bonchev–Trinajstić information content (AvgIpc) is 3.18. The fraction of sp³-hybridized carbons (Fsp3) is 0.312. The second kappa shape index (κ2) is 5.85. The van der Waals surface area contributed by atoms with Gasteiger partial charge in [0.1, 0.15) is 5.65 Å². The number of pyridine rings is 1. The van der Waals surface area contributed by atoms with Gasteiger partial charge in [0.15, 0.2) is 5.69 Å². The summed E-state index contributed by atoms with van der Waals surface area (Å²) in [5, 5.41) is 13.3. The number of hydrogen-bond acceptors (Lipinski definition) is 4. The van der Waals surface area contributed by atoms with E-state index in [1.807, 2.05) is 35.0 Å². The molecule has 0 atom stereocenters. The van der Waals surface area contributed by atoms with E-state index in [2.05, 4.69) is 25.8 Å². The van der Waals surface area contributed by atoms with E-state index in [1.54, 1.807) is 0 Å². The molecule has 0 bridgehead atoms. The minimum Gasteiger partial charge on any atom is -0.350 e. The lowest BCUT2D eigenvalue weighted by atomic mass is 10.1. The number of nitrogens with one attached hydrogen (secondary N) is 3. The maximum Gasteiger partial charge on any atom is 0.272 e. The molecule has 0 fully saturated rings. The Labute approximate surface area is 133 Å². The molecule has 0 saturated carbocycles. The van der Waals surface area contributed by atoms with Crippen LogP contribution in [0.2, 0.25) is 0 Å². The van der Waals surface area contributed by atoms with Crippen LogP contribution >= 0.6 is 0 Å². The van der Waals surface area contributed by atoms with Crippen LogP contribution in [-0.2, 0) is 19.4 Å². The Morgan fingerprint density at radius 1 is 1.39 bits per heavy atom. The average molecular weight is 310 g/mol. The SMILES string of the molecule is O=C(NCCc1cn2ccccc2n1)c1n[nH]c2c1CNCC2. The first-order valence-corrected chi connectivity index (χ1v) is 7.79. The van der Waals surface area contributed by atoms with Gasteiger partial charge in [0.25, 0.3) is 5.91 Å². The van der Waals surface area contributed by atoms with Crippen LogP contribution in [0.5, 0.6) is 0 Å². The number of nitrogens with zero attached hydrogens (tertiary/aromatic N) is 3. The van der Waals surface area contributed by atoms with Crippen molar-refractivity contribution < 1.29 is 4.79 Å². The number of aromatic nitrogens is 4. The lowest BCUT2D eigenvalue weighted by molar-refractivity contribution is 0.0948. The molecule has 1 aliphatic rings. The van der Waals surface area contributed by atoms with Crippen LogP contribution < -0.4 is 10.6 Å². The number of amides is 1. The van der Waals surface area contributed by atoms with Crippen molar-refractivity contribution in [2.24, 2.45) is 0 Å². The zero-order valence-electron chi connectivity index (χ0n) is 12.7. The Morgan fingerprint density at radius 3 is 3.26 bits per heavy atom. The Hall–Kier alpha value is -2.67. The van der Waals surface area contributed by atoms with E-state index in [0.29, 0.717) is 25.2 Å². The van der Waals surface area contributed by atoms with E-state index in [9.17, 15) is 4.79 Å². The minimum absolute atomic E-state index is 0.130. The zero-order chi connectivity index (χ0) is 15.6. The van der Waals surface area contributed by atoms with Gasteiger partial charge >= 0.3 is 0 Å². The smallest absolute Gasteiger partial charge is 0.272 e. The van der Waals surface area contributed by atoms with Gasteiger partial charge in [-0.15, -0.1) is 0 Å². The summed E-state index contributed by atoms with van der Waals surface area (Å²) in [5.41, 5.74) is 4.43. The van der Waals surface area contributed by atoms with Gasteiger partial charge in [-0.05, 0) is 12.1 Å². The molecular weight excluding hydrogens is 292 g/mol. The van der Waals surface area contributed by atoms with Crippen LogP contribution in [0.15, 0.2) is 30.6 Å². The van der Waals surface area contributed by atoms with E-state index in [-0.39, 0.29) is 5.91 Å². The van der Waals surface area contributed by atoms with Crippen LogP contribution in [0.1, 0.15) is 27.4 Å². The van der Waals surface area contributed by atoms with Crippen molar-refractivity contribution in [2.75, 3.05) is 13.1 Å². The van der Waals surface area contributed by atoms with Crippen LogP contribution in [0, 0.1) is 0 Å². The molecule has 23 heavy (non-hydrogen) atoms. The maximum absolute atomic E-state index is 12.3. The van der Waals surface area contributed by atoms with Gasteiger partial charge in [0.2, 0.25) is 0 Å². The molecule has 0 unspecified atom stereocenters. The molecule has 0 aliphatic carbocycles. The Kier molecular flexibility index (Phi) is 3.55. The normalized spacial score (nSPS) is 13.9. The molecule has 0 aromatic carbocycles. The highest BCUT2D eigenvalue weighted by atomic mass is 16.1. The standard InChI is InChI=1S/C16H18N6O/c23-16(15-12-9-17-6-5-13(12)20-21-15)18-7-4-11-10-22-8-2-1-3-14(22)19-11/h1-3,8,10,17H,4-7,9H2,(H,18,23)(H,20,21). The molecule has 3 N–H and O–H groups in total. The highest BCUT2D eigenvalue weighted by Gasteiger charge is 2.21. The molecule has 0 saturated heterocycles. The number of carbonyl (C=O) groups excluding carboxylic acids is 1. The lowest BCUT2D eigenvalue weighted by Gasteiger charge is -2.12. The lowest BCUT2D eigenvalue weighted by Crippen LogP contribution is -2.29. The summed E-state index contributed by atoms with van der Waals surface area (Å²) in [7, 11) is 0. The molecule has 3 aromatic rings. The molecule has 1 aliphatic heterocycles. The fourth-order valence-electron chi connectivity index (χ4n) is 2.91. The number of fused-ring (bicyclic) bond motifs is 2. The summed E-state index contributed by atoms with van der Waals surface area (Å²) < 4.78 is 1.98. The van der Waals surface area contributed by atoms with Gasteiger partial charge in [0.05, 0.1) is 5.69 Å². The third-order valence-electron chi connectivity index (χ3n) is 4.10. The Bertz CT molecular complexity index is 816. The van der Waals surface area contributed by atoms with Crippen LogP contribution in [0.25, 0.3) is 5.65 Å². The molecule has 0 radical (unpaired) electrons. The second-order valence-electron chi connectivity index (χ2n) is 5.66. The second-order valence-corrected chi connectivity index (χ2v) is 5.66. The van der Waals surface area contributed by atoms with Crippen LogP contribution in [0.4, 0.5) is 0 Å². The number of rotatable bonds is 4. The summed E-state index contributed by atoms with van der Waals surface area (Å²) >= 11 is 0. The predicted octanol–water partition coefficient (Wildman–Crippen LogP) is 0.676. The van der Waals surface area contributed by atoms with Gasteiger partial charge < -0.3 is 15.0 Å². The molecule has 1 amide bonds. The van der Waals surface area contributed by atoms with Crippen molar-refractivity contribution >= 4 is 11.6 Å². The number of hydrogen-bond donors (Lipinski definition) is 3. The molecule has 118 valence electrons. The summed E-state index contributed by atoms with van der Waals surface area (Å²) in [6, 6.07) is 5.89. The van der Waals surface area contributed by atoms with E-state index in [0.717, 1.165) is 35.6 Å². The number of H-pyrrole nitrogens is 1. The first-order valence-electron chi connectivity index (χ1n) is 7.79. The molecule has 0 spiro atoms. The van der Waals surface area contributed by atoms with Crippen molar-refractivity contribution in [2.45, 2.75) is 19.4 Å². The third-order valence-corrected chi connectivity index (χ3v) is 4.10. The van der Waals surface area contributed by atoms with Crippen molar-refractivity contribution in [3.8, 4) is 0 Å². The van der Waals surface area contributed by atoms with Gasteiger partial charge in [-0.2, -0.15) is 5.10 Å². The van der Waals surface area contributed by atoms with Crippen molar-refractivity contribution in [3.05, 3.63) is 53.2 Å². The van der Waals surface area contributed by atoms with Gasteiger partial charge in [-0.1, -0.05) is 6.07 Å². The van der Waals surface area contributed by atoms with Crippen LogP contribution in [0.3, 0.4) is 0 Å². The van der Waals surface area contributed by atoms with Gasteiger partial charge in [-0.25, -0.2) is 4.98 Å². The first kappa shape index (κ1) is 14.0. The highest BCUT2D eigenvalue weighted by molar-refractivity contribution is 5.94. The first-order chi connectivity index (χ1) is 11.3. The summed E-state index contributed by atoms with van der Waals surface area (Å²) in [4.78, 5) is 16.8. The van der Waals surface area contributed by atoms with Gasteiger partial charge in [-0.3, -0.25) is 9.89 Å². The number of carbonyl (C=O) groups is 1. The van der Waals surface area contributed by atoms with E-state index >= 15 is 0 Å². The van der Waals surface area contributed by atoms with E-state index in [1.165, 1.54) is 0 Å². The molecule has 4 rings (SSSR count). The molecule has 7 heteroatoms. The van der Waals surface area contributed by atoms with Crippen LogP contribution in [-0.4, -0.2) is 38.6 Å². The molecule has 3 aromatic heterocycles. The van der Waals surface area contributed by atoms with Crippen molar-refractivity contribution in [3.63, 3.8) is 0 Å². The van der Waals surface area contributed by atoms with Crippen molar-refractivity contribution in [1.29, 1.82) is 0 Å². The van der Waals surface area contributed by atoms with Gasteiger partial charge in [0, 0.05) is 56.1 Å². The summed E-state index contributed by atoms with van der Waals surface area (Å²) in [5.74, 6) is -0.130. The Morgan fingerprint density at radius 2 is 2.35 bits per heavy atom. The number of imidazole rings is 1. The summed E-state index contributed by atoms with van der Waals surface area (Å²) in [6.07, 6.45) is 5.53. The highest BCUT2D eigenvalue weighted by Crippen LogP contribution is 2.15. The number of aromatic amines is 1. The quantitative estimate of drug-likeness (QED) is 0.661. The predicted molar refractivity (Wildman–Crippen MR) is 85.2 cm³/mol. The van der Waals surface area contributed by atoms with E-state index in [4.69, 9.17) is 0 Å². The monoisotopic (exact) mass is 310 g/mol. The topological polar surface area (TPSA) is 87.1 Å². The van der Waals surface area contributed by atoms with Crippen molar-refractivity contribution in [1.82, 2.24) is 30.2 Å².